The van der Waals surface area contributed by atoms with Gasteiger partial charge < -0.3 is 10.1 Å². The molecule has 3 heterocycles. The lowest BCUT2D eigenvalue weighted by atomic mass is 9.84. The third kappa shape index (κ3) is 4.27. The fourth-order valence-electron chi connectivity index (χ4n) is 4.35. The van der Waals surface area contributed by atoms with Crippen LogP contribution < -0.4 is 10.1 Å². The van der Waals surface area contributed by atoms with Crippen LogP contribution in [0, 0.1) is 13.8 Å². The number of alkyl halides is 3. The molecule has 3 aromatic rings. The highest BCUT2D eigenvalue weighted by Gasteiger charge is 2.38. The van der Waals surface area contributed by atoms with Crippen LogP contribution in [-0.4, -0.2) is 33.6 Å². The number of hydrogen-bond donors (Lipinski definition) is 1. The SMILES string of the molecule is COc1cc(C2C[C@H](C)n3ncc(NC(=O)c4cc(C)nc(C)c4)c3C2=O)ccc1C(F)(F)F. The number of Topliss-reactive ketones (excluding diaryl/α,β-unsaturated/α-hetero) is 1. The summed E-state index contributed by atoms with van der Waals surface area (Å²) < 4.78 is 46.3. The number of benzene rings is 1. The van der Waals surface area contributed by atoms with E-state index in [0.29, 0.717) is 28.9 Å². The number of ketones is 1. The first-order valence-corrected chi connectivity index (χ1v) is 10.6. The number of pyridine rings is 1. The van der Waals surface area contributed by atoms with Crippen LogP contribution in [0.3, 0.4) is 0 Å². The van der Waals surface area contributed by atoms with Gasteiger partial charge in [0.15, 0.2) is 5.78 Å². The molecule has 1 N–H and O–H groups in total. The molecule has 0 bridgehead atoms. The summed E-state index contributed by atoms with van der Waals surface area (Å²) in [5.74, 6) is -1.81. The summed E-state index contributed by atoms with van der Waals surface area (Å²) in [6, 6.07) is 6.54. The molecule has 0 fully saturated rings. The summed E-state index contributed by atoms with van der Waals surface area (Å²) in [6.07, 6.45) is -2.82. The second kappa shape index (κ2) is 8.58. The summed E-state index contributed by atoms with van der Waals surface area (Å²) in [4.78, 5) is 30.6. The van der Waals surface area contributed by atoms with Gasteiger partial charge >= 0.3 is 6.18 Å². The number of halogens is 3. The molecule has 0 aliphatic carbocycles. The van der Waals surface area contributed by atoms with Gasteiger partial charge in [0.25, 0.3) is 5.91 Å². The molecule has 0 saturated heterocycles. The lowest BCUT2D eigenvalue weighted by molar-refractivity contribution is -0.138. The van der Waals surface area contributed by atoms with Crippen LogP contribution in [0.5, 0.6) is 5.75 Å². The third-order valence-electron chi connectivity index (χ3n) is 5.86. The molecule has 1 unspecified atom stereocenters. The van der Waals surface area contributed by atoms with E-state index in [1.54, 1.807) is 30.7 Å². The normalized spacial score (nSPS) is 17.9. The molecule has 2 aromatic heterocycles. The first-order valence-electron chi connectivity index (χ1n) is 10.6. The number of nitrogens with zero attached hydrogens (tertiary/aromatic N) is 3. The van der Waals surface area contributed by atoms with Crippen LogP contribution in [0.4, 0.5) is 18.9 Å². The van der Waals surface area contributed by atoms with Crippen molar-refractivity contribution >= 4 is 17.4 Å². The second-order valence-electron chi connectivity index (χ2n) is 8.40. The van der Waals surface area contributed by atoms with Crippen molar-refractivity contribution in [2.45, 2.75) is 45.3 Å². The zero-order chi connectivity index (χ0) is 24.8. The predicted octanol–water partition coefficient (Wildman–Crippen LogP) is 5.11. The van der Waals surface area contributed by atoms with Crippen molar-refractivity contribution in [3.63, 3.8) is 0 Å². The molecule has 0 radical (unpaired) electrons. The Morgan fingerprint density at radius 3 is 2.47 bits per heavy atom. The number of carbonyl (C=O) groups is 2. The van der Waals surface area contributed by atoms with Gasteiger partial charge in [0.1, 0.15) is 11.4 Å². The zero-order valence-corrected chi connectivity index (χ0v) is 19.0. The summed E-state index contributed by atoms with van der Waals surface area (Å²) in [5, 5.41) is 7.02. The van der Waals surface area contributed by atoms with E-state index in [2.05, 4.69) is 15.4 Å². The van der Waals surface area contributed by atoms with Crippen molar-refractivity contribution in [1.29, 1.82) is 0 Å². The number of fused-ring (bicyclic) bond motifs is 1. The maximum Gasteiger partial charge on any atom is 0.419 e. The molecule has 7 nitrogen and oxygen atoms in total. The highest BCUT2D eigenvalue weighted by molar-refractivity contribution is 6.10. The van der Waals surface area contributed by atoms with Gasteiger partial charge in [-0.1, -0.05) is 6.07 Å². The van der Waals surface area contributed by atoms with Crippen molar-refractivity contribution in [3.8, 4) is 5.75 Å². The van der Waals surface area contributed by atoms with Crippen molar-refractivity contribution < 1.29 is 27.5 Å². The number of methoxy groups -OCH3 is 1. The maximum absolute atomic E-state index is 13.5. The van der Waals surface area contributed by atoms with Crippen molar-refractivity contribution in [2.24, 2.45) is 0 Å². The van der Waals surface area contributed by atoms with Gasteiger partial charge in [0.05, 0.1) is 36.5 Å². The average molecular weight is 472 g/mol. The van der Waals surface area contributed by atoms with Crippen LogP contribution >= 0.6 is 0 Å². The summed E-state index contributed by atoms with van der Waals surface area (Å²) >= 11 is 0. The van der Waals surface area contributed by atoms with Crippen molar-refractivity contribution in [1.82, 2.24) is 14.8 Å². The Morgan fingerprint density at radius 1 is 1.18 bits per heavy atom. The Balaban J connectivity index is 1.68. The van der Waals surface area contributed by atoms with Crippen molar-refractivity contribution in [3.05, 3.63) is 70.3 Å². The fourth-order valence-corrected chi connectivity index (χ4v) is 4.35. The van der Waals surface area contributed by atoms with Crippen LogP contribution in [0.25, 0.3) is 0 Å². The van der Waals surface area contributed by atoms with Gasteiger partial charge in [-0.25, -0.2) is 0 Å². The van der Waals surface area contributed by atoms with Crippen molar-refractivity contribution in [2.75, 3.05) is 12.4 Å². The van der Waals surface area contributed by atoms with E-state index in [1.807, 2.05) is 6.92 Å². The summed E-state index contributed by atoms with van der Waals surface area (Å²) in [5.41, 5.74) is 1.72. The third-order valence-corrected chi connectivity index (χ3v) is 5.86. The smallest absolute Gasteiger partial charge is 0.419 e. The number of amides is 1. The molecule has 34 heavy (non-hydrogen) atoms. The van der Waals surface area contributed by atoms with E-state index in [1.165, 1.54) is 18.3 Å². The van der Waals surface area contributed by atoms with E-state index < -0.39 is 23.6 Å². The van der Waals surface area contributed by atoms with Gasteiger partial charge in [-0.2, -0.15) is 18.3 Å². The van der Waals surface area contributed by atoms with Crippen LogP contribution in [0.2, 0.25) is 0 Å². The van der Waals surface area contributed by atoms with Gasteiger partial charge in [-0.3, -0.25) is 19.3 Å². The lowest BCUT2D eigenvalue weighted by Gasteiger charge is -2.28. The number of ether oxygens (including phenoxy) is 1. The van der Waals surface area contributed by atoms with Gasteiger partial charge in [0, 0.05) is 17.0 Å². The molecule has 1 amide bonds. The van der Waals surface area contributed by atoms with Crippen LogP contribution in [0.15, 0.2) is 36.5 Å². The number of aryl methyl sites for hydroxylation is 2. The average Bonchev–Trinajstić information content (AvgIpc) is 3.19. The van der Waals surface area contributed by atoms with Gasteiger partial charge in [-0.15, -0.1) is 0 Å². The number of anilines is 1. The molecule has 1 aliphatic heterocycles. The lowest BCUT2D eigenvalue weighted by Crippen LogP contribution is -2.29. The van der Waals surface area contributed by atoms with E-state index in [9.17, 15) is 22.8 Å². The Hall–Kier alpha value is -3.69. The maximum atomic E-state index is 13.5. The Bertz CT molecular complexity index is 1260. The standard InChI is InChI=1S/C24H23F3N4O3/c1-12-7-16(8-13(2)29-12)23(33)30-19-11-28-31-14(3)9-17(22(32)21(19)31)15-5-6-18(24(25,26)27)20(10-15)34-4/h5-8,10-11,14,17H,9H2,1-4H3,(H,30,33)/t14-,17?/m0/s1. The summed E-state index contributed by atoms with van der Waals surface area (Å²) in [6.45, 7) is 5.41. The minimum absolute atomic E-state index is 0.207. The minimum Gasteiger partial charge on any atom is -0.496 e. The number of nitrogens with one attached hydrogen (secondary N) is 1. The minimum atomic E-state index is -4.58. The first kappa shape index (κ1) is 23.5. The molecule has 1 aliphatic rings. The van der Waals surface area contributed by atoms with Gasteiger partial charge in [0.2, 0.25) is 0 Å². The van der Waals surface area contributed by atoms with E-state index in [0.717, 1.165) is 13.2 Å². The molecule has 1 aromatic carbocycles. The monoisotopic (exact) mass is 472 g/mol. The van der Waals surface area contributed by atoms with E-state index >= 15 is 0 Å². The first-order chi connectivity index (χ1) is 16.0. The van der Waals surface area contributed by atoms with Crippen LogP contribution in [-0.2, 0) is 6.18 Å². The molecule has 0 spiro atoms. The molecule has 178 valence electrons. The van der Waals surface area contributed by atoms with E-state index in [-0.39, 0.29) is 29.0 Å². The van der Waals surface area contributed by atoms with E-state index in [4.69, 9.17) is 4.74 Å². The molecule has 2 atom stereocenters. The van der Waals surface area contributed by atoms with Crippen LogP contribution in [0.1, 0.15) is 68.7 Å². The fraction of sp³-hybridized carbons (Fsp3) is 0.333. The molecule has 0 saturated carbocycles. The zero-order valence-electron chi connectivity index (χ0n) is 19.0. The number of rotatable bonds is 4. The quantitative estimate of drug-likeness (QED) is 0.571. The molecular weight excluding hydrogens is 449 g/mol. The number of aromatic nitrogens is 3. The van der Waals surface area contributed by atoms with Gasteiger partial charge in [-0.05, 0) is 57.0 Å². The number of carbonyl (C=O) groups excluding carboxylic acids is 2. The highest BCUT2D eigenvalue weighted by atomic mass is 19.4. The molecular formula is C24H23F3N4O3. The summed E-state index contributed by atoms with van der Waals surface area (Å²) in [7, 11) is 1.16. The highest BCUT2D eigenvalue weighted by Crippen LogP contribution is 2.42. The Labute approximate surface area is 193 Å². The topological polar surface area (TPSA) is 86.1 Å². The molecule has 4 rings (SSSR count). The predicted molar refractivity (Wildman–Crippen MR) is 118 cm³/mol. The Kier molecular flexibility index (Phi) is 5.93. The molecule has 10 heteroatoms. The number of hydrogen-bond acceptors (Lipinski definition) is 5. The Morgan fingerprint density at radius 2 is 1.85 bits per heavy atom. The second-order valence-corrected chi connectivity index (χ2v) is 8.40. The largest absolute Gasteiger partial charge is 0.496 e.